The van der Waals surface area contributed by atoms with Crippen LogP contribution in [0.1, 0.15) is 73.1 Å². The molecule has 2 fully saturated rings. The second kappa shape index (κ2) is 7.25. The summed E-state index contributed by atoms with van der Waals surface area (Å²) in [7, 11) is 0. The van der Waals surface area contributed by atoms with E-state index in [1.54, 1.807) is 10.9 Å². The highest BCUT2D eigenvalue weighted by atomic mass is 16.2. The highest BCUT2D eigenvalue weighted by molar-refractivity contribution is 6.07. The minimum Gasteiger partial charge on any atom is -0.336 e. The number of fused-ring (bicyclic) bond motifs is 1. The Labute approximate surface area is 171 Å². The van der Waals surface area contributed by atoms with Crippen LogP contribution in [0, 0.1) is 6.92 Å². The molecular formula is C23H27N5O. The molecular weight excluding hydrogens is 362 g/mol. The Hall–Kier alpha value is -2.76. The lowest BCUT2D eigenvalue weighted by molar-refractivity contribution is 0.0695. The third-order valence-corrected chi connectivity index (χ3v) is 6.29. The van der Waals surface area contributed by atoms with E-state index in [-0.39, 0.29) is 5.91 Å². The van der Waals surface area contributed by atoms with Crippen molar-refractivity contribution in [3.63, 3.8) is 0 Å². The molecule has 3 aromatic heterocycles. The molecule has 6 nitrogen and oxygen atoms in total. The Morgan fingerprint density at radius 1 is 1.21 bits per heavy atom. The summed E-state index contributed by atoms with van der Waals surface area (Å²) in [6, 6.07) is 8.15. The monoisotopic (exact) mass is 389 g/mol. The van der Waals surface area contributed by atoms with Gasteiger partial charge in [0.2, 0.25) is 0 Å². The summed E-state index contributed by atoms with van der Waals surface area (Å²) in [6.45, 7) is 4.78. The molecule has 2 saturated carbocycles. The number of carbonyl (C=O) groups is 1. The van der Waals surface area contributed by atoms with Gasteiger partial charge < -0.3 is 4.90 Å². The number of aromatic nitrogens is 4. The van der Waals surface area contributed by atoms with Crippen LogP contribution in [0.3, 0.4) is 0 Å². The summed E-state index contributed by atoms with van der Waals surface area (Å²) in [5.41, 5.74) is 3.34. The highest BCUT2D eigenvalue weighted by Crippen LogP contribution is 2.41. The molecule has 3 aromatic rings. The Morgan fingerprint density at radius 2 is 2.00 bits per heavy atom. The topological polar surface area (TPSA) is 63.9 Å². The lowest BCUT2D eigenvalue weighted by atomic mass is 10.0. The molecule has 1 amide bonds. The maximum absolute atomic E-state index is 13.7. The van der Waals surface area contributed by atoms with E-state index >= 15 is 0 Å². The first kappa shape index (κ1) is 18.3. The molecule has 150 valence electrons. The van der Waals surface area contributed by atoms with Gasteiger partial charge in [0, 0.05) is 30.4 Å². The standard InChI is InChI=1S/C23H27N5O/c1-3-27(17-8-4-5-9-17)23(29)18-14-19(16-11-12-16)25-22-21(18)15(2)26-28(22)20-10-6-7-13-24-20/h6-7,10,13-14,16-17H,3-5,8-9,11-12H2,1-2H3. The second-order valence-corrected chi connectivity index (χ2v) is 8.28. The number of rotatable bonds is 5. The number of carbonyl (C=O) groups excluding carboxylic acids is 1. The smallest absolute Gasteiger partial charge is 0.254 e. The minimum absolute atomic E-state index is 0.123. The first-order valence-corrected chi connectivity index (χ1v) is 10.8. The molecule has 3 heterocycles. The average molecular weight is 390 g/mol. The van der Waals surface area contributed by atoms with Gasteiger partial charge in [0.05, 0.1) is 16.6 Å². The van der Waals surface area contributed by atoms with E-state index in [0.717, 1.165) is 66.0 Å². The van der Waals surface area contributed by atoms with Gasteiger partial charge in [-0.25, -0.2) is 9.97 Å². The quantitative estimate of drug-likeness (QED) is 0.648. The van der Waals surface area contributed by atoms with Gasteiger partial charge in [-0.2, -0.15) is 9.78 Å². The zero-order chi connectivity index (χ0) is 20.0. The number of nitrogens with zero attached hydrogens (tertiary/aromatic N) is 5. The van der Waals surface area contributed by atoms with Crippen molar-refractivity contribution < 1.29 is 4.79 Å². The molecule has 0 N–H and O–H groups in total. The van der Waals surface area contributed by atoms with Crippen LogP contribution >= 0.6 is 0 Å². The van der Waals surface area contributed by atoms with Crippen molar-refractivity contribution >= 4 is 16.9 Å². The van der Waals surface area contributed by atoms with Crippen LogP contribution < -0.4 is 0 Å². The van der Waals surface area contributed by atoms with Gasteiger partial charge >= 0.3 is 0 Å². The summed E-state index contributed by atoms with van der Waals surface area (Å²) in [5.74, 6) is 1.31. The molecule has 0 radical (unpaired) electrons. The first-order chi connectivity index (χ1) is 14.2. The van der Waals surface area contributed by atoms with Crippen molar-refractivity contribution in [2.45, 2.75) is 64.3 Å². The van der Waals surface area contributed by atoms with E-state index in [9.17, 15) is 4.79 Å². The highest BCUT2D eigenvalue weighted by Gasteiger charge is 2.32. The van der Waals surface area contributed by atoms with E-state index < -0.39 is 0 Å². The number of aryl methyl sites for hydroxylation is 1. The molecule has 0 saturated heterocycles. The molecule has 0 atom stereocenters. The van der Waals surface area contributed by atoms with Crippen molar-refractivity contribution in [2.24, 2.45) is 0 Å². The average Bonchev–Trinajstić information content (AvgIpc) is 3.37. The lowest BCUT2D eigenvalue weighted by Crippen LogP contribution is -2.38. The van der Waals surface area contributed by atoms with E-state index in [2.05, 4.69) is 16.8 Å². The molecule has 5 rings (SSSR count). The van der Waals surface area contributed by atoms with Crippen molar-refractivity contribution in [3.8, 4) is 5.82 Å². The van der Waals surface area contributed by atoms with Gasteiger partial charge in [-0.15, -0.1) is 0 Å². The van der Waals surface area contributed by atoms with Gasteiger partial charge in [0.15, 0.2) is 11.5 Å². The third-order valence-electron chi connectivity index (χ3n) is 6.29. The molecule has 29 heavy (non-hydrogen) atoms. The fourth-order valence-electron chi connectivity index (χ4n) is 4.64. The first-order valence-electron chi connectivity index (χ1n) is 10.8. The molecule has 0 unspecified atom stereocenters. The van der Waals surface area contributed by atoms with Crippen molar-refractivity contribution in [1.29, 1.82) is 0 Å². The number of hydrogen-bond donors (Lipinski definition) is 0. The molecule has 0 bridgehead atoms. The molecule has 0 aliphatic heterocycles. The van der Waals surface area contributed by atoms with Crippen LogP contribution in [0.15, 0.2) is 30.5 Å². The van der Waals surface area contributed by atoms with Crippen LogP contribution in [0.4, 0.5) is 0 Å². The fraction of sp³-hybridized carbons (Fsp3) is 0.478. The van der Waals surface area contributed by atoms with Crippen molar-refractivity contribution in [2.75, 3.05) is 6.54 Å². The lowest BCUT2D eigenvalue weighted by Gasteiger charge is -2.28. The molecule has 2 aliphatic carbocycles. The second-order valence-electron chi connectivity index (χ2n) is 8.28. The van der Waals surface area contributed by atoms with Gasteiger partial charge in [-0.1, -0.05) is 18.9 Å². The van der Waals surface area contributed by atoms with E-state index in [4.69, 9.17) is 10.1 Å². The minimum atomic E-state index is 0.123. The number of pyridine rings is 2. The summed E-state index contributed by atoms with van der Waals surface area (Å²) in [6.07, 6.45) is 8.68. The zero-order valence-electron chi connectivity index (χ0n) is 17.1. The van der Waals surface area contributed by atoms with Gasteiger partial charge in [0.25, 0.3) is 5.91 Å². The van der Waals surface area contributed by atoms with Crippen LogP contribution in [0.25, 0.3) is 16.9 Å². The predicted molar refractivity (Wildman–Crippen MR) is 112 cm³/mol. The van der Waals surface area contributed by atoms with Crippen molar-refractivity contribution in [1.82, 2.24) is 24.6 Å². The van der Waals surface area contributed by atoms with Gasteiger partial charge in [-0.3, -0.25) is 4.79 Å². The SMILES string of the molecule is CCN(C(=O)c1cc(C2CC2)nc2c1c(C)nn2-c1ccccn1)C1CCCC1. The Kier molecular flexibility index (Phi) is 4.57. The predicted octanol–water partition coefficient (Wildman–Crippen LogP) is 4.41. The third kappa shape index (κ3) is 3.20. The zero-order valence-corrected chi connectivity index (χ0v) is 17.1. The summed E-state index contributed by atoms with van der Waals surface area (Å²) in [5, 5.41) is 5.59. The maximum Gasteiger partial charge on any atom is 0.254 e. The van der Waals surface area contributed by atoms with Gasteiger partial charge in [-0.05, 0) is 57.7 Å². The summed E-state index contributed by atoms with van der Waals surface area (Å²) in [4.78, 5) is 25.2. The van der Waals surface area contributed by atoms with E-state index in [0.29, 0.717) is 12.0 Å². The number of amides is 1. The van der Waals surface area contributed by atoms with E-state index in [1.165, 1.54) is 12.8 Å². The van der Waals surface area contributed by atoms with Crippen molar-refractivity contribution in [3.05, 3.63) is 47.4 Å². The molecule has 0 spiro atoms. The van der Waals surface area contributed by atoms with Crippen LogP contribution in [-0.4, -0.2) is 43.1 Å². The Bertz CT molecular complexity index is 1050. The summed E-state index contributed by atoms with van der Waals surface area (Å²) < 4.78 is 1.79. The molecule has 0 aromatic carbocycles. The van der Waals surface area contributed by atoms with Crippen LogP contribution in [0.5, 0.6) is 0 Å². The van der Waals surface area contributed by atoms with Crippen LogP contribution in [0.2, 0.25) is 0 Å². The number of hydrogen-bond acceptors (Lipinski definition) is 4. The molecule has 2 aliphatic rings. The van der Waals surface area contributed by atoms with Crippen LogP contribution in [-0.2, 0) is 0 Å². The largest absolute Gasteiger partial charge is 0.336 e. The van der Waals surface area contributed by atoms with E-state index in [1.807, 2.05) is 31.2 Å². The summed E-state index contributed by atoms with van der Waals surface area (Å²) >= 11 is 0. The Balaban J connectivity index is 1.68. The normalized spacial score (nSPS) is 17.2. The van der Waals surface area contributed by atoms with Gasteiger partial charge in [0.1, 0.15) is 0 Å². The fourth-order valence-corrected chi connectivity index (χ4v) is 4.64. The maximum atomic E-state index is 13.7. The molecule has 6 heteroatoms. The Morgan fingerprint density at radius 3 is 2.66 bits per heavy atom.